The topological polar surface area (TPSA) is 40.6 Å². The molecule has 3 rings (SSSR count). The Morgan fingerprint density at radius 3 is 2.61 bits per heavy atom. The Morgan fingerprint density at radius 2 is 1.87 bits per heavy atom. The second kappa shape index (κ2) is 5.99. The minimum Gasteiger partial charge on any atom is -0.341 e. The molecule has 1 saturated heterocycles. The summed E-state index contributed by atoms with van der Waals surface area (Å²) in [6.45, 7) is 7.93. The molecule has 0 aromatic heterocycles. The average molecular weight is 314 g/mol. The third-order valence-corrected chi connectivity index (χ3v) is 4.85. The highest BCUT2D eigenvalue weighted by atomic mass is 16.2. The van der Waals surface area contributed by atoms with E-state index in [9.17, 15) is 9.59 Å². The number of carbonyl (C=O) groups excluding carboxylic acids is 2. The molecule has 1 atom stereocenters. The Kier molecular flexibility index (Phi) is 4.17. The molecule has 4 nitrogen and oxygen atoms in total. The summed E-state index contributed by atoms with van der Waals surface area (Å²) in [7, 11) is 0. The van der Waals surface area contributed by atoms with Gasteiger partial charge in [0.2, 0.25) is 11.8 Å². The lowest BCUT2D eigenvalue weighted by atomic mass is 9.90. The molecule has 0 N–H and O–H groups in total. The van der Waals surface area contributed by atoms with Gasteiger partial charge in [0, 0.05) is 30.7 Å². The normalized spacial score (nSPS) is 21.3. The van der Waals surface area contributed by atoms with E-state index < -0.39 is 0 Å². The molecule has 4 heteroatoms. The molecule has 0 bridgehead atoms. The molecule has 0 radical (unpaired) electrons. The van der Waals surface area contributed by atoms with Gasteiger partial charge in [-0.25, -0.2) is 0 Å². The van der Waals surface area contributed by atoms with Crippen molar-refractivity contribution in [3.8, 4) is 0 Å². The number of likely N-dealkylation sites (tertiary alicyclic amines) is 1. The van der Waals surface area contributed by atoms with Crippen LogP contribution in [0.5, 0.6) is 0 Å². The van der Waals surface area contributed by atoms with Crippen molar-refractivity contribution < 1.29 is 9.59 Å². The SMILES string of the molecule is CC(C)(C)C(=O)N1CCCC(C(=O)N2CCc3ccccc32)C1. The molecule has 1 fully saturated rings. The van der Waals surface area contributed by atoms with Crippen LogP contribution in [-0.2, 0) is 16.0 Å². The smallest absolute Gasteiger partial charge is 0.231 e. The summed E-state index contributed by atoms with van der Waals surface area (Å²) in [5, 5.41) is 0. The number of hydrogen-bond acceptors (Lipinski definition) is 2. The summed E-state index contributed by atoms with van der Waals surface area (Å²) in [4.78, 5) is 29.3. The number of carbonyl (C=O) groups is 2. The molecule has 1 aromatic carbocycles. The van der Waals surface area contributed by atoms with Crippen LogP contribution in [0.2, 0.25) is 0 Å². The maximum atomic E-state index is 13.0. The highest BCUT2D eigenvalue weighted by molar-refractivity contribution is 5.97. The summed E-state index contributed by atoms with van der Waals surface area (Å²) in [5.41, 5.74) is 1.92. The molecular formula is C19H26N2O2. The van der Waals surface area contributed by atoms with E-state index >= 15 is 0 Å². The molecule has 0 saturated carbocycles. The van der Waals surface area contributed by atoms with Crippen LogP contribution in [-0.4, -0.2) is 36.3 Å². The lowest BCUT2D eigenvalue weighted by Crippen LogP contribution is -2.49. The average Bonchev–Trinajstić information content (AvgIpc) is 2.96. The predicted molar refractivity (Wildman–Crippen MR) is 91.3 cm³/mol. The van der Waals surface area contributed by atoms with Crippen LogP contribution in [0.1, 0.15) is 39.2 Å². The predicted octanol–water partition coefficient (Wildman–Crippen LogP) is 2.86. The van der Waals surface area contributed by atoms with Crippen molar-refractivity contribution in [1.29, 1.82) is 0 Å². The summed E-state index contributed by atoms with van der Waals surface area (Å²) in [6.07, 6.45) is 2.72. The fourth-order valence-electron chi connectivity index (χ4n) is 3.63. The number of amides is 2. The van der Waals surface area contributed by atoms with Crippen LogP contribution in [0.4, 0.5) is 5.69 Å². The lowest BCUT2D eigenvalue weighted by molar-refractivity contribution is -0.142. The first-order valence-corrected chi connectivity index (χ1v) is 8.56. The lowest BCUT2D eigenvalue weighted by Gasteiger charge is -2.37. The monoisotopic (exact) mass is 314 g/mol. The third kappa shape index (κ3) is 3.12. The number of fused-ring (bicyclic) bond motifs is 1. The Bertz CT molecular complexity index is 618. The fraction of sp³-hybridized carbons (Fsp3) is 0.579. The molecule has 0 aliphatic carbocycles. The largest absolute Gasteiger partial charge is 0.341 e. The van der Waals surface area contributed by atoms with Gasteiger partial charge >= 0.3 is 0 Å². The van der Waals surface area contributed by atoms with Crippen molar-refractivity contribution in [1.82, 2.24) is 4.90 Å². The first-order valence-electron chi connectivity index (χ1n) is 8.56. The first kappa shape index (κ1) is 16.0. The van der Waals surface area contributed by atoms with Crippen molar-refractivity contribution in [2.24, 2.45) is 11.3 Å². The van der Waals surface area contributed by atoms with E-state index in [1.807, 2.05) is 48.8 Å². The molecule has 1 aromatic rings. The van der Waals surface area contributed by atoms with Gasteiger partial charge in [-0.05, 0) is 30.9 Å². The zero-order valence-electron chi connectivity index (χ0n) is 14.3. The van der Waals surface area contributed by atoms with E-state index in [2.05, 4.69) is 6.07 Å². The summed E-state index contributed by atoms with van der Waals surface area (Å²) >= 11 is 0. The van der Waals surface area contributed by atoms with Crippen LogP contribution in [0.15, 0.2) is 24.3 Å². The van der Waals surface area contributed by atoms with Gasteiger partial charge in [0.05, 0.1) is 5.92 Å². The molecule has 2 heterocycles. The fourth-order valence-corrected chi connectivity index (χ4v) is 3.63. The van der Waals surface area contributed by atoms with Gasteiger partial charge in [-0.15, -0.1) is 0 Å². The van der Waals surface area contributed by atoms with E-state index in [-0.39, 0.29) is 23.1 Å². The van der Waals surface area contributed by atoms with Gasteiger partial charge in [0.25, 0.3) is 0 Å². The molecule has 0 spiro atoms. The molecule has 124 valence electrons. The van der Waals surface area contributed by atoms with Crippen molar-refractivity contribution in [3.05, 3.63) is 29.8 Å². The molecular weight excluding hydrogens is 288 g/mol. The number of nitrogens with zero attached hydrogens (tertiary/aromatic N) is 2. The van der Waals surface area contributed by atoms with Crippen LogP contribution in [0, 0.1) is 11.3 Å². The van der Waals surface area contributed by atoms with E-state index in [4.69, 9.17) is 0 Å². The van der Waals surface area contributed by atoms with Crippen LogP contribution >= 0.6 is 0 Å². The van der Waals surface area contributed by atoms with E-state index in [1.54, 1.807) is 0 Å². The Labute approximate surface area is 138 Å². The van der Waals surface area contributed by atoms with Crippen LogP contribution < -0.4 is 4.90 Å². The summed E-state index contributed by atoms with van der Waals surface area (Å²) in [5.74, 6) is 0.263. The number of anilines is 1. The summed E-state index contributed by atoms with van der Waals surface area (Å²) < 4.78 is 0. The van der Waals surface area contributed by atoms with E-state index in [0.29, 0.717) is 6.54 Å². The second-order valence-electron chi connectivity index (χ2n) is 7.71. The maximum absolute atomic E-state index is 13.0. The van der Waals surface area contributed by atoms with Gasteiger partial charge < -0.3 is 9.80 Å². The number of piperidine rings is 1. The number of rotatable bonds is 1. The molecule has 23 heavy (non-hydrogen) atoms. The molecule has 2 aliphatic rings. The van der Waals surface area contributed by atoms with Gasteiger partial charge in [-0.1, -0.05) is 39.0 Å². The Balaban J connectivity index is 1.72. The highest BCUT2D eigenvalue weighted by Gasteiger charge is 2.36. The van der Waals surface area contributed by atoms with Crippen molar-refractivity contribution in [2.75, 3.05) is 24.5 Å². The Morgan fingerprint density at radius 1 is 1.13 bits per heavy atom. The number of benzene rings is 1. The molecule has 2 amide bonds. The second-order valence-corrected chi connectivity index (χ2v) is 7.71. The highest BCUT2D eigenvalue weighted by Crippen LogP contribution is 2.31. The Hall–Kier alpha value is -1.84. The van der Waals surface area contributed by atoms with Crippen molar-refractivity contribution in [2.45, 2.75) is 40.0 Å². The minimum atomic E-state index is -0.384. The minimum absolute atomic E-state index is 0.0683. The van der Waals surface area contributed by atoms with Crippen LogP contribution in [0.3, 0.4) is 0 Å². The zero-order chi connectivity index (χ0) is 16.6. The molecule has 2 aliphatic heterocycles. The van der Waals surface area contributed by atoms with Gasteiger partial charge in [0.15, 0.2) is 0 Å². The standard InChI is InChI=1S/C19H26N2O2/c1-19(2,3)18(23)20-11-6-8-15(13-20)17(22)21-12-10-14-7-4-5-9-16(14)21/h4-5,7,9,15H,6,8,10-13H2,1-3H3. The first-order chi connectivity index (χ1) is 10.9. The van der Waals surface area contributed by atoms with Crippen molar-refractivity contribution in [3.63, 3.8) is 0 Å². The third-order valence-electron chi connectivity index (χ3n) is 4.85. The molecule has 1 unspecified atom stereocenters. The van der Waals surface area contributed by atoms with Crippen molar-refractivity contribution >= 4 is 17.5 Å². The van der Waals surface area contributed by atoms with E-state index in [0.717, 1.165) is 38.0 Å². The van der Waals surface area contributed by atoms with Crippen LogP contribution in [0.25, 0.3) is 0 Å². The van der Waals surface area contributed by atoms with Gasteiger partial charge in [0.1, 0.15) is 0 Å². The van der Waals surface area contributed by atoms with Gasteiger partial charge in [-0.3, -0.25) is 9.59 Å². The quantitative estimate of drug-likeness (QED) is 0.800. The van der Waals surface area contributed by atoms with Gasteiger partial charge in [-0.2, -0.15) is 0 Å². The van der Waals surface area contributed by atoms with E-state index in [1.165, 1.54) is 5.56 Å². The number of hydrogen-bond donors (Lipinski definition) is 0. The number of para-hydroxylation sites is 1. The summed E-state index contributed by atoms with van der Waals surface area (Å²) in [6, 6.07) is 8.14. The zero-order valence-corrected chi connectivity index (χ0v) is 14.3. The maximum Gasteiger partial charge on any atom is 0.231 e.